The molecular formula is C33H41N9O4. The van der Waals surface area contributed by atoms with Crippen LogP contribution in [0.5, 0.6) is 11.6 Å². The van der Waals surface area contributed by atoms with E-state index in [4.69, 9.17) is 14.5 Å². The van der Waals surface area contributed by atoms with Crippen molar-refractivity contribution < 1.29 is 19.1 Å². The second-order valence-corrected chi connectivity index (χ2v) is 11.5. The van der Waals surface area contributed by atoms with Crippen molar-refractivity contribution in [2.24, 2.45) is 0 Å². The summed E-state index contributed by atoms with van der Waals surface area (Å²) in [7, 11) is 9.10. The molecule has 0 radical (unpaired) electrons. The predicted molar refractivity (Wildman–Crippen MR) is 181 cm³/mol. The minimum Gasteiger partial charge on any atom is -0.494 e. The summed E-state index contributed by atoms with van der Waals surface area (Å²) in [6.07, 6.45) is 8.57. The van der Waals surface area contributed by atoms with Gasteiger partial charge in [0.1, 0.15) is 17.1 Å². The summed E-state index contributed by atoms with van der Waals surface area (Å²) < 4.78 is 13.0. The van der Waals surface area contributed by atoms with Crippen LogP contribution in [0.4, 0.5) is 28.7 Å². The Morgan fingerprint density at radius 3 is 2.50 bits per heavy atom. The van der Waals surface area contributed by atoms with Crippen molar-refractivity contribution in [3.8, 4) is 11.6 Å². The number of methoxy groups -OCH3 is 2. The fourth-order valence-electron chi connectivity index (χ4n) is 5.60. The number of ether oxygens (including phenoxy) is 2. The number of amides is 2. The summed E-state index contributed by atoms with van der Waals surface area (Å²) in [5.74, 6) is 0.689. The Kier molecular flexibility index (Phi) is 10.0. The molecule has 3 heterocycles. The van der Waals surface area contributed by atoms with E-state index < -0.39 is 0 Å². The molecule has 1 aliphatic carbocycles. The van der Waals surface area contributed by atoms with Crippen molar-refractivity contribution in [2.75, 3.05) is 69.3 Å². The van der Waals surface area contributed by atoms with Gasteiger partial charge >= 0.3 is 0 Å². The number of nitrogens with one attached hydrogen (secondary N) is 3. The van der Waals surface area contributed by atoms with Crippen LogP contribution in [-0.4, -0.2) is 84.7 Å². The SMILES string of the molecule is C=CC(=O)Nc1cc(Nc2ncc3cc(C(=O)Nc4ccnc(OC)c4)n(C4CCCC4)c3n2)c(OC)cc1N(C)CCN(C)C. The molecule has 1 saturated carbocycles. The van der Waals surface area contributed by atoms with Crippen LogP contribution in [0.3, 0.4) is 0 Å². The number of benzene rings is 1. The molecule has 1 aliphatic rings. The first-order valence-electron chi connectivity index (χ1n) is 15.2. The minimum absolute atomic E-state index is 0.125. The Morgan fingerprint density at radius 2 is 1.80 bits per heavy atom. The third kappa shape index (κ3) is 7.20. The number of hydrogen-bond acceptors (Lipinski definition) is 10. The molecule has 13 heteroatoms. The van der Waals surface area contributed by atoms with Crippen molar-refractivity contribution in [3.05, 3.63) is 61.1 Å². The van der Waals surface area contributed by atoms with Crippen molar-refractivity contribution in [1.29, 1.82) is 0 Å². The average molecular weight is 628 g/mol. The van der Waals surface area contributed by atoms with E-state index in [1.807, 2.05) is 37.8 Å². The second-order valence-electron chi connectivity index (χ2n) is 11.5. The van der Waals surface area contributed by atoms with Gasteiger partial charge in [0.05, 0.1) is 31.3 Å². The summed E-state index contributed by atoms with van der Waals surface area (Å²) >= 11 is 0. The normalized spacial score (nSPS) is 13.1. The summed E-state index contributed by atoms with van der Waals surface area (Å²) in [5.41, 5.74) is 3.66. The molecule has 0 unspecified atom stereocenters. The average Bonchev–Trinajstić information content (AvgIpc) is 3.72. The van der Waals surface area contributed by atoms with Gasteiger partial charge in [0.15, 0.2) is 0 Å². The number of carbonyl (C=O) groups is 2. The fourth-order valence-corrected chi connectivity index (χ4v) is 5.60. The fraction of sp³-hybridized carbons (Fsp3) is 0.364. The minimum atomic E-state index is -0.332. The van der Waals surface area contributed by atoms with Crippen molar-refractivity contribution in [3.63, 3.8) is 0 Å². The van der Waals surface area contributed by atoms with E-state index >= 15 is 0 Å². The van der Waals surface area contributed by atoms with Gasteiger partial charge < -0.3 is 39.8 Å². The lowest BCUT2D eigenvalue weighted by Gasteiger charge is -2.26. The van der Waals surface area contributed by atoms with Crippen molar-refractivity contribution in [2.45, 2.75) is 31.7 Å². The van der Waals surface area contributed by atoms with Gasteiger partial charge in [-0.05, 0) is 51.2 Å². The van der Waals surface area contributed by atoms with E-state index in [1.165, 1.54) is 13.2 Å². The molecule has 1 aromatic carbocycles. The van der Waals surface area contributed by atoms with Crippen LogP contribution < -0.4 is 30.3 Å². The first-order chi connectivity index (χ1) is 22.2. The van der Waals surface area contributed by atoms with Gasteiger partial charge in [-0.15, -0.1) is 0 Å². The van der Waals surface area contributed by atoms with E-state index in [1.54, 1.807) is 37.7 Å². The Balaban J connectivity index is 1.51. The number of carbonyl (C=O) groups excluding carboxylic acids is 2. The first-order valence-corrected chi connectivity index (χ1v) is 15.2. The summed E-state index contributed by atoms with van der Waals surface area (Å²) in [4.78, 5) is 43.7. The van der Waals surface area contributed by atoms with Gasteiger partial charge in [0.25, 0.3) is 5.91 Å². The molecule has 3 N–H and O–H groups in total. The molecule has 0 bridgehead atoms. The summed E-state index contributed by atoms with van der Waals surface area (Å²) in [6.45, 7) is 5.14. The molecule has 2 amide bonds. The van der Waals surface area contributed by atoms with Crippen LogP contribution in [0.25, 0.3) is 11.0 Å². The number of pyridine rings is 1. The Bertz CT molecular complexity index is 1730. The van der Waals surface area contributed by atoms with Crippen LogP contribution in [-0.2, 0) is 4.79 Å². The summed E-state index contributed by atoms with van der Waals surface area (Å²) in [6, 6.07) is 9.01. The number of anilines is 5. The highest BCUT2D eigenvalue weighted by Crippen LogP contribution is 2.39. The van der Waals surface area contributed by atoms with E-state index in [9.17, 15) is 9.59 Å². The van der Waals surface area contributed by atoms with E-state index in [0.29, 0.717) is 46.0 Å². The molecule has 3 aromatic heterocycles. The van der Waals surface area contributed by atoms with Gasteiger partial charge in [0.2, 0.25) is 17.7 Å². The van der Waals surface area contributed by atoms with Gasteiger partial charge in [0, 0.05) is 61.8 Å². The van der Waals surface area contributed by atoms with E-state index in [2.05, 4.69) is 42.3 Å². The molecular weight excluding hydrogens is 586 g/mol. The van der Waals surface area contributed by atoms with Crippen LogP contribution in [0, 0.1) is 0 Å². The number of rotatable bonds is 13. The standard InChI is InChI=1S/C33H41N9O4/c1-7-29(43)37-24-18-25(28(45-5)19-26(24)41(4)15-14-40(2)3)38-33-35-20-21-16-27(42(31(21)39-33)23-10-8-9-11-23)32(44)36-22-12-13-34-30(17-22)46-6/h7,12-13,16-20,23H,1,8-11,14-15H2,2-6H3,(H,37,43)(H,34,36,44)(H,35,38,39). The molecule has 1 fully saturated rings. The van der Waals surface area contributed by atoms with Crippen molar-refractivity contribution in [1.82, 2.24) is 24.4 Å². The van der Waals surface area contributed by atoms with Gasteiger partial charge in [-0.3, -0.25) is 9.59 Å². The highest BCUT2D eigenvalue weighted by molar-refractivity contribution is 6.06. The zero-order chi connectivity index (χ0) is 32.8. The molecule has 0 aliphatic heterocycles. The lowest BCUT2D eigenvalue weighted by molar-refractivity contribution is -0.111. The molecule has 4 aromatic rings. The number of fused-ring (bicyclic) bond motifs is 1. The quantitative estimate of drug-likeness (QED) is 0.172. The third-order valence-corrected chi connectivity index (χ3v) is 8.00. The lowest BCUT2D eigenvalue weighted by atomic mass is 10.2. The highest BCUT2D eigenvalue weighted by atomic mass is 16.5. The molecule has 0 spiro atoms. The molecule has 0 saturated heterocycles. The van der Waals surface area contributed by atoms with Gasteiger partial charge in [-0.1, -0.05) is 19.4 Å². The number of aromatic nitrogens is 4. The van der Waals surface area contributed by atoms with Crippen LogP contribution in [0.15, 0.2) is 55.4 Å². The third-order valence-electron chi connectivity index (χ3n) is 8.00. The zero-order valence-electron chi connectivity index (χ0n) is 27.0. The number of likely N-dealkylation sites (N-methyl/N-ethyl adjacent to an activating group) is 2. The molecule has 5 rings (SSSR count). The predicted octanol–water partition coefficient (Wildman–Crippen LogP) is 5.08. The second kappa shape index (κ2) is 14.3. The molecule has 13 nitrogen and oxygen atoms in total. The first kappa shape index (κ1) is 32.2. The van der Waals surface area contributed by atoms with Crippen LogP contribution in [0.2, 0.25) is 0 Å². The smallest absolute Gasteiger partial charge is 0.272 e. The zero-order valence-corrected chi connectivity index (χ0v) is 27.0. The maximum Gasteiger partial charge on any atom is 0.272 e. The van der Waals surface area contributed by atoms with Crippen LogP contribution >= 0.6 is 0 Å². The van der Waals surface area contributed by atoms with E-state index in [0.717, 1.165) is 49.8 Å². The maximum atomic E-state index is 13.6. The largest absolute Gasteiger partial charge is 0.494 e. The maximum absolute atomic E-state index is 13.6. The Morgan fingerprint density at radius 1 is 1.02 bits per heavy atom. The van der Waals surface area contributed by atoms with Crippen molar-refractivity contribution >= 4 is 51.5 Å². The number of nitrogens with zero attached hydrogens (tertiary/aromatic N) is 6. The number of hydrogen-bond donors (Lipinski definition) is 3. The van der Waals surface area contributed by atoms with E-state index in [-0.39, 0.29) is 17.9 Å². The van der Waals surface area contributed by atoms with Gasteiger partial charge in [-0.25, -0.2) is 9.97 Å². The summed E-state index contributed by atoms with van der Waals surface area (Å²) in [5, 5.41) is 9.93. The highest BCUT2D eigenvalue weighted by Gasteiger charge is 2.26. The molecule has 242 valence electrons. The van der Waals surface area contributed by atoms with Gasteiger partial charge in [-0.2, -0.15) is 4.98 Å². The topological polar surface area (TPSA) is 139 Å². The molecule has 0 atom stereocenters. The Labute approximate surface area is 268 Å². The van der Waals surface area contributed by atoms with Crippen LogP contribution in [0.1, 0.15) is 42.2 Å². The lowest BCUT2D eigenvalue weighted by Crippen LogP contribution is -2.29. The monoisotopic (exact) mass is 627 g/mol. The Hall–Kier alpha value is -5.17. The molecule has 46 heavy (non-hydrogen) atoms.